The summed E-state index contributed by atoms with van der Waals surface area (Å²) in [6.07, 6.45) is -0.123. The lowest BCUT2D eigenvalue weighted by Crippen LogP contribution is -2.42. The molecule has 2 rings (SSSR count). The number of carbonyl (C=O) groups is 2. The summed E-state index contributed by atoms with van der Waals surface area (Å²) in [5.41, 5.74) is -0.512. The number of aliphatic hydroxyl groups is 1. The van der Waals surface area contributed by atoms with Crippen LogP contribution in [0.15, 0.2) is 29.1 Å². The first kappa shape index (κ1) is 14.7. The molecule has 0 fully saturated rings. The van der Waals surface area contributed by atoms with E-state index >= 15 is 0 Å². The predicted molar refractivity (Wildman–Crippen MR) is 73.0 cm³/mol. The fourth-order valence-electron chi connectivity index (χ4n) is 1.90. The molecule has 0 aliphatic heterocycles. The number of hydrogen-bond acceptors (Lipinski definition) is 5. The highest BCUT2D eigenvalue weighted by atomic mass is 16.4. The SMILES string of the molecule is O=C(N[C@H](CCO)C(=O)O)c1n[nH]c(=O)c2ccccc12. The molecule has 1 aromatic carbocycles. The number of aromatic nitrogens is 2. The van der Waals surface area contributed by atoms with E-state index in [1.165, 1.54) is 6.07 Å². The van der Waals surface area contributed by atoms with Gasteiger partial charge in [-0.3, -0.25) is 9.59 Å². The van der Waals surface area contributed by atoms with Crippen LogP contribution in [0.3, 0.4) is 0 Å². The molecule has 1 heterocycles. The molecule has 1 aromatic heterocycles. The van der Waals surface area contributed by atoms with Crippen LogP contribution >= 0.6 is 0 Å². The molecule has 0 aliphatic carbocycles. The second-order valence-corrected chi connectivity index (χ2v) is 4.32. The lowest BCUT2D eigenvalue weighted by atomic mass is 10.1. The topological polar surface area (TPSA) is 132 Å². The van der Waals surface area contributed by atoms with Gasteiger partial charge in [0.1, 0.15) is 6.04 Å². The van der Waals surface area contributed by atoms with E-state index in [9.17, 15) is 14.4 Å². The molecule has 0 bridgehead atoms. The number of fused-ring (bicyclic) bond motifs is 1. The van der Waals surface area contributed by atoms with Gasteiger partial charge in [0.15, 0.2) is 5.69 Å². The standard InChI is InChI=1S/C13H13N3O5/c17-6-5-9(13(20)21)14-12(19)10-7-3-1-2-4-8(7)11(18)16-15-10/h1-4,9,17H,5-6H2,(H,14,19)(H,16,18)(H,20,21)/t9-/m1/s1. The number of carboxylic acid groups (broad SMARTS) is 1. The number of nitrogens with zero attached hydrogens (tertiary/aromatic N) is 1. The van der Waals surface area contributed by atoms with Crippen molar-refractivity contribution >= 4 is 22.6 Å². The van der Waals surface area contributed by atoms with E-state index in [1.807, 2.05) is 0 Å². The number of aliphatic carboxylic acids is 1. The van der Waals surface area contributed by atoms with Crippen molar-refractivity contribution in [2.24, 2.45) is 0 Å². The van der Waals surface area contributed by atoms with Crippen LogP contribution in [0.1, 0.15) is 16.9 Å². The number of aromatic amines is 1. The summed E-state index contributed by atoms with van der Waals surface area (Å²) >= 11 is 0. The first-order valence-electron chi connectivity index (χ1n) is 6.16. The molecule has 1 atom stereocenters. The molecule has 0 unspecified atom stereocenters. The Bertz CT molecular complexity index is 740. The highest BCUT2D eigenvalue weighted by Crippen LogP contribution is 2.12. The van der Waals surface area contributed by atoms with Gasteiger partial charge < -0.3 is 15.5 Å². The molecule has 8 nitrogen and oxygen atoms in total. The van der Waals surface area contributed by atoms with Crippen molar-refractivity contribution in [2.75, 3.05) is 6.61 Å². The first-order chi connectivity index (χ1) is 10.0. The summed E-state index contributed by atoms with van der Waals surface area (Å²) in [6, 6.07) is 5.15. The summed E-state index contributed by atoms with van der Waals surface area (Å²) in [6.45, 7) is -0.378. The normalized spacial score (nSPS) is 12.0. The third-order valence-corrected chi connectivity index (χ3v) is 2.93. The van der Waals surface area contributed by atoms with Crippen LogP contribution < -0.4 is 10.9 Å². The van der Waals surface area contributed by atoms with E-state index in [1.54, 1.807) is 18.2 Å². The number of H-pyrrole nitrogens is 1. The Morgan fingerprint density at radius 2 is 1.95 bits per heavy atom. The fraction of sp³-hybridized carbons (Fsp3) is 0.231. The average Bonchev–Trinajstić information content (AvgIpc) is 2.47. The number of amides is 1. The minimum absolute atomic E-state index is 0.0746. The smallest absolute Gasteiger partial charge is 0.326 e. The van der Waals surface area contributed by atoms with Crippen LogP contribution in [-0.2, 0) is 4.79 Å². The van der Waals surface area contributed by atoms with Crippen molar-refractivity contribution in [3.05, 3.63) is 40.3 Å². The molecule has 0 saturated heterocycles. The maximum absolute atomic E-state index is 12.1. The van der Waals surface area contributed by atoms with Gasteiger partial charge in [-0.1, -0.05) is 18.2 Å². The number of benzene rings is 1. The van der Waals surface area contributed by atoms with Crippen molar-refractivity contribution in [3.8, 4) is 0 Å². The lowest BCUT2D eigenvalue weighted by Gasteiger charge is -2.13. The summed E-state index contributed by atoms with van der Waals surface area (Å²) < 4.78 is 0. The van der Waals surface area contributed by atoms with Crippen LogP contribution in [-0.4, -0.2) is 44.9 Å². The largest absolute Gasteiger partial charge is 0.480 e. The van der Waals surface area contributed by atoms with Gasteiger partial charge in [0, 0.05) is 18.4 Å². The fourth-order valence-corrected chi connectivity index (χ4v) is 1.90. The minimum atomic E-state index is -1.26. The Morgan fingerprint density at radius 1 is 1.29 bits per heavy atom. The van der Waals surface area contributed by atoms with E-state index in [-0.39, 0.29) is 24.1 Å². The summed E-state index contributed by atoms with van der Waals surface area (Å²) in [5.74, 6) is -1.99. The van der Waals surface area contributed by atoms with Gasteiger partial charge >= 0.3 is 5.97 Å². The molecule has 0 saturated carbocycles. The van der Waals surface area contributed by atoms with Crippen molar-refractivity contribution in [3.63, 3.8) is 0 Å². The minimum Gasteiger partial charge on any atom is -0.480 e. The summed E-state index contributed by atoms with van der Waals surface area (Å²) in [7, 11) is 0. The zero-order valence-electron chi connectivity index (χ0n) is 10.9. The molecule has 110 valence electrons. The predicted octanol–water partition coefficient (Wildman–Crippen LogP) is -0.511. The van der Waals surface area contributed by atoms with Crippen molar-refractivity contribution in [2.45, 2.75) is 12.5 Å². The van der Waals surface area contributed by atoms with Gasteiger partial charge in [-0.05, 0) is 6.07 Å². The van der Waals surface area contributed by atoms with Crippen molar-refractivity contribution in [1.82, 2.24) is 15.5 Å². The summed E-state index contributed by atoms with van der Waals surface area (Å²) in [4.78, 5) is 34.7. The van der Waals surface area contributed by atoms with Crippen molar-refractivity contribution < 1.29 is 19.8 Å². The van der Waals surface area contributed by atoms with Gasteiger partial charge in [0.2, 0.25) is 0 Å². The van der Waals surface area contributed by atoms with Gasteiger partial charge in [0.25, 0.3) is 11.5 Å². The molecule has 0 aliphatic rings. The lowest BCUT2D eigenvalue weighted by molar-refractivity contribution is -0.139. The first-order valence-corrected chi connectivity index (χ1v) is 6.16. The Labute approximate surface area is 118 Å². The van der Waals surface area contributed by atoms with Gasteiger partial charge in [0.05, 0.1) is 5.39 Å². The molecule has 1 amide bonds. The molecule has 8 heteroatoms. The Balaban J connectivity index is 2.38. The van der Waals surface area contributed by atoms with Crippen molar-refractivity contribution in [1.29, 1.82) is 0 Å². The Hall–Kier alpha value is -2.74. The number of carbonyl (C=O) groups excluding carboxylic acids is 1. The zero-order valence-corrected chi connectivity index (χ0v) is 10.9. The highest BCUT2D eigenvalue weighted by Gasteiger charge is 2.22. The van der Waals surface area contributed by atoms with Crippen LogP contribution in [0.4, 0.5) is 0 Å². The zero-order chi connectivity index (χ0) is 15.4. The number of rotatable bonds is 5. The molecular formula is C13H13N3O5. The van der Waals surface area contributed by atoms with Crippen LogP contribution in [0.5, 0.6) is 0 Å². The number of hydrogen-bond donors (Lipinski definition) is 4. The molecule has 21 heavy (non-hydrogen) atoms. The third kappa shape index (κ3) is 3.06. The van der Waals surface area contributed by atoms with E-state index in [0.29, 0.717) is 5.39 Å². The van der Waals surface area contributed by atoms with Crippen LogP contribution in [0.25, 0.3) is 10.8 Å². The quantitative estimate of drug-likeness (QED) is 0.586. The van der Waals surface area contributed by atoms with E-state index < -0.39 is 23.5 Å². The third-order valence-electron chi connectivity index (χ3n) is 2.93. The molecular weight excluding hydrogens is 278 g/mol. The molecule has 4 N–H and O–H groups in total. The number of carboxylic acids is 1. The van der Waals surface area contributed by atoms with Gasteiger partial charge in [-0.2, -0.15) is 5.10 Å². The Morgan fingerprint density at radius 3 is 2.57 bits per heavy atom. The maximum atomic E-state index is 12.1. The molecule has 2 aromatic rings. The van der Waals surface area contributed by atoms with E-state index in [0.717, 1.165) is 0 Å². The number of nitrogens with one attached hydrogen (secondary N) is 2. The average molecular weight is 291 g/mol. The van der Waals surface area contributed by atoms with Gasteiger partial charge in [-0.25, -0.2) is 9.89 Å². The Kier molecular flexibility index (Phi) is 4.29. The molecule has 0 radical (unpaired) electrons. The second kappa shape index (κ2) is 6.14. The second-order valence-electron chi connectivity index (χ2n) is 4.32. The maximum Gasteiger partial charge on any atom is 0.326 e. The summed E-state index contributed by atoms with van der Waals surface area (Å²) in [5, 5.41) is 26.5. The van der Waals surface area contributed by atoms with Gasteiger partial charge in [-0.15, -0.1) is 0 Å². The van der Waals surface area contributed by atoms with E-state index in [4.69, 9.17) is 10.2 Å². The highest BCUT2D eigenvalue weighted by molar-refractivity contribution is 6.05. The number of aliphatic hydroxyl groups excluding tert-OH is 1. The van der Waals surface area contributed by atoms with Crippen LogP contribution in [0, 0.1) is 0 Å². The van der Waals surface area contributed by atoms with E-state index in [2.05, 4.69) is 15.5 Å². The van der Waals surface area contributed by atoms with Crippen LogP contribution in [0.2, 0.25) is 0 Å². The molecule has 0 spiro atoms. The monoisotopic (exact) mass is 291 g/mol.